The zero-order chi connectivity index (χ0) is 23.5. The van der Waals surface area contributed by atoms with Crippen LogP contribution in [0.1, 0.15) is 16.1 Å². The van der Waals surface area contributed by atoms with Crippen molar-refractivity contribution >= 4 is 51.8 Å². The summed E-state index contributed by atoms with van der Waals surface area (Å²) >= 11 is 12.6. The van der Waals surface area contributed by atoms with Crippen LogP contribution in [-0.2, 0) is 13.6 Å². The number of hydrogen-bond donors (Lipinski definition) is 2. The first-order valence-corrected chi connectivity index (χ1v) is 10.7. The molecule has 0 spiro atoms. The first-order chi connectivity index (χ1) is 15.9. The Morgan fingerprint density at radius 1 is 1.06 bits per heavy atom. The summed E-state index contributed by atoms with van der Waals surface area (Å²) < 4.78 is 12.6. The summed E-state index contributed by atoms with van der Waals surface area (Å²) in [6.07, 6.45) is 1.64. The molecule has 2 N–H and O–H groups in total. The van der Waals surface area contributed by atoms with Crippen molar-refractivity contribution < 1.29 is 14.3 Å². The highest BCUT2D eigenvalue weighted by Crippen LogP contribution is 2.34. The number of methoxy groups -OCH3 is 2. The van der Waals surface area contributed by atoms with Crippen molar-refractivity contribution in [2.45, 2.75) is 6.54 Å². The fourth-order valence-corrected chi connectivity index (χ4v) is 3.90. The van der Waals surface area contributed by atoms with Crippen molar-refractivity contribution in [3.05, 3.63) is 70.0 Å². The number of halogens is 2. The molecule has 2 heterocycles. The smallest absolute Gasteiger partial charge is 0.255 e. The molecule has 1 amide bonds. The number of ether oxygens (including phenoxy) is 2. The van der Waals surface area contributed by atoms with Crippen LogP contribution in [-0.4, -0.2) is 34.7 Å². The average molecular weight is 486 g/mol. The van der Waals surface area contributed by atoms with Gasteiger partial charge in [-0.2, -0.15) is 0 Å². The molecule has 0 atom stereocenters. The number of pyridine rings is 1. The molecule has 0 saturated heterocycles. The van der Waals surface area contributed by atoms with E-state index in [0.29, 0.717) is 50.0 Å². The van der Waals surface area contributed by atoms with Gasteiger partial charge < -0.3 is 24.7 Å². The number of anilines is 2. The standard InChI is InChI=1S/C23H21Cl2N5O3/c1-30-18-11-20(33-3)13(22(31)27-12-17-19(32-2)8-5-9-26-17)10-16(18)28-23(30)29-21-14(24)6-4-7-15(21)25/h4-11H,12H2,1-3H3,(H,27,31)(H,28,29). The minimum absolute atomic E-state index is 0.198. The minimum Gasteiger partial charge on any atom is -0.496 e. The van der Waals surface area contributed by atoms with E-state index in [0.717, 1.165) is 5.52 Å². The number of carbonyl (C=O) groups is 1. The molecule has 0 bridgehead atoms. The van der Waals surface area contributed by atoms with Crippen LogP contribution in [0.4, 0.5) is 11.6 Å². The Kier molecular flexibility index (Phi) is 6.57. The van der Waals surface area contributed by atoms with Gasteiger partial charge in [0.2, 0.25) is 5.95 Å². The second kappa shape index (κ2) is 9.56. The molecule has 0 unspecified atom stereocenters. The van der Waals surface area contributed by atoms with Gasteiger partial charge in [0.05, 0.1) is 53.1 Å². The van der Waals surface area contributed by atoms with Crippen molar-refractivity contribution in [3.63, 3.8) is 0 Å². The monoisotopic (exact) mass is 485 g/mol. The number of fused-ring (bicyclic) bond motifs is 1. The third kappa shape index (κ3) is 4.53. The fourth-order valence-electron chi connectivity index (χ4n) is 3.41. The van der Waals surface area contributed by atoms with Gasteiger partial charge in [0.15, 0.2) is 0 Å². The highest BCUT2D eigenvalue weighted by molar-refractivity contribution is 6.39. The number of imidazole rings is 1. The van der Waals surface area contributed by atoms with Crippen LogP contribution in [0.2, 0.25) is 10.0 Å². The van der Waals surface area contributed by atoms with Gasteiger partial charge in [0, 0.05) is 19.3 Å². The van der Waals surface area contributed by atoms with Gasteiger partial charge in [-0.3, -0.25) is 9.78 Å². The Bertz CT molecular complexity index is 1320. The molecule has 2 aromatic heterocycles. The molecule has 8 nitrogen and oxygen atoms in total. The van der Waals surface area contributed by atoms with E-state index in [-0.39, 0.29) is 12.5 Å². The Balaban J connectivity index is 1.65. The van der Waals surface area contributed by atoms with Gasteiger partial charge in [-0.25, -0.2) is 4.98 Å². The molecular weight excluding hydrogens is 465 g/mol. The van der Waals surface area contributed by atoms with Crippen LogP contribution in [0.5, 0.6) is 11.5 Å². The first kappa shape index (κ1) is 22.7. The Morgan fingerprint density at radius 3 is 2.48 bits per heavy atom. The minimum atomic E-state index is -0.323. The van der Waals surface area contributed by atoms with Crippen molar-refractivity contribution in [1.29, 1.82) is 0 Å². The third-order valence-electron chi connectivity index (χ3n) is 5.13. The van der Waals surface area contributed by atoms with Gasteiger partial charge in [-0.15, -0.1) is 0 Å². The van der Waals surface area contributed by atoms with E-state index >= 15 is 0 Å². The Hall–Kier alpha value is -3.49. The third-order valence-corrected chi connectivity index (χ3v) is 5.76. The van der Waals surface area contributed by atoms with Crippen LogP contribution < -0.4 is 20.1 Å². The highest BCUT2D eigenvalue weighted by atomic mass is 35.5. The molecule has 0 aliphatic carbocycles. The topological polar surface area (TPSA) is 90.3 Å². The summed E-state index contributed by atoms with van der Waals surface area (Å²) in [7, 11) is 4.91. The highest BCUT2D eigenvalue weighted by Gasteiger charge is 2.19. The van der Waals surface area contributed by atoms with Gasteiger partial charge in [-0.1, -0.05) is 29.3 Å². The maximum atomic E-state index is 13.0. The molecule has 0 radical (unpaired) electrons. The number of para-hydroxylation sites is 1. The average Bonchev–Trinajstić information content (AvgIpc) is 3.13. The normalized spacial score (nSPS) is 10.8. The molecule has 0 aliphatic rings. The Morgan fingerprint density at radius 2 is 1.79 bits per heavy atom. The van der Waals surface area contributed by atoms with E-state index in [1.807, 2.05) is 11.6 Å². The van der Waals surface area contributed by atoms with Gasteiger partial charge in [0.25, 0.3) is 5.91 Å². The molecule has 0 aliphatic heterocycles. The number of aromatic nitrogens is 3. The second-order valence-electron chi connectivity index (χ2n) is 7.09. The van der Waals surface area contributed by atoms with Crippen molar-refractivity contribution in [2.24, 2.45) is 7.05 Å². The van der Waals surface area contributed by atoms with Gasteiger partial charge >= 0.3 is 0 Å². The largest absolute Gasteiger partial charge is 0.496 e. The SMILES string of the molecule is COc1cc2c(cc1C(=O)NCc1ncccc1OC)nc(Nc1c(Cl)cccc1Cl)n2C. The molecular formula is C23H21Cl2N5O3. The zero-order valence-corrected chi connectivity index (χ0v) is 19.7. The molecule has 4 aromatic rings. The molecule has 10 heteroatoms. The predicted octanol–water partition coefficient (Wildman–Crippen LogP) is 4.97. The quantitative estimate of drug-likeness (QED) is 0.384. The fraction of sp³-hybridized carbons (Fsp3) is 0.174. The predicted molar refractivity (Wildman–Crippen MR) is 129 cm³/mol. The number of hydrogen-bond acceptors (Lipinski definition) is 6. The lowest BCUT2D eigenvalue weighted by Gasteiger charge is -2.11. The molecule has 2 aromatic carbocycles. The Labute approximate surface area is 200 Å². The lowest BCUT2D eigenvalue weighted by Crippen LogP contribution is -2.24. The zero-order valence-electron chi connectivity index (χ0n) is 18.1. The van der Waals surface area contributed by atoms with Crippen LogP contribution in [0.15, 0.2) is 48.7 Å². The summed E-state index contributed by atoms with van der Waals surface area (Å²) in [4.78, 5) is 21.8. The molecule has 0 fully saturated rings. The number of rotatable bonds is 7. The van der Waals surface area contributed by atoms with E-state index in [2.05, 4.69) is 20.6 Å². The number of amides is 1. The lowest BCUT2D eigenvalue weighted by molar-refractivity contribution is 0.0947. The van der Waals surface area contributed by atoms with Crippen LogP contribution >= 0.6 is 23.2 Å². The first-order valence-electron chi connectivity index (χ1n) is 9.94. The summed E-state index contributed by atoms with van der Waals surface area (Å²) in [5.41, 5.74) is 2.88. The van der Waals surface area contributed by atoms with Gasteiger partial charge in [0.1, 0.15) is 17.2 Å². The number of aryl methyl sites for hydroxylation is 1. The summed E-state index contributed by atoms with van der Waals surface area (Å²) in [6, 6.07) is 12.2. The number of nitrogens with one attached hydrogen (secondary N) is 2. The summed E-state index contributed by atoms with van der Waals surface area (Å²) in [6.45, 7) is 0.198. The molecule has 0 saturated carbocycles. The lowest BCUT2D eigenvalue weighted by atomic mass is 10.1. The van der Waals surface area contributed by atoms with E-state index in [4.69, 9.17) is 32.7 Å². The van der Waals surface area contributed by atoms with E-state index in [9.17, 15) is 4.79 Å². The van der Waals surface area contributed by atoms with Gasteiger partial charge in [-0.05, 0) is 30.3 Å². The maximum absolute atomic E-state index is 13.0. The molecule has 4 rings (SSSR count). The van der Waals surface area contributed by atoms with E-state index in [1.54, 1.807) is 55.8 Å². The molecule has 33 heavy (non-hydrogen) atoms. The van der Waals surface area contributed by atoms with E-state index in [1.165, 1.54) is 7.11 Å². The summed E-state index contributed by atoms with van der Waals surface area (Å²) in [5, 5.41) is 6.97. The van der Waals surface area contributed by atoms with Crippen molar-refractivity contribution in [2.75, 3.05) is 19.5 Å². The van der Waals surface area contributed by atoms with Crippen LogP contribution in [0.3, 0.4) is 0 Å². The van der Waals surface area contributed by atoms with Crippen molar-refractivity contribution in [3.8, 4) is 11.5 Å². The van der Waals surface area contributed by atoms with E-state index < -0.39 is 0 Å². The number of carbonyl (C=O) groups excluding carboxylic acids is 1. The van der Waals surface area contributed by atoms with Crippen LogP contribution in [0, 0.1) is 0 Å². The second-order valence-corrected chi connectivity index (χ2v) is 7.91. The maximum Gasteiger partial charge on any atom is 0.255 e. The van der Waals surface area contributed by atoms with Crippen molar-refractivity contribution in [1.82, 2.24) is 19.9 Å². The number of nitrogens with zero attached hydrogens (tertiary/aromatic N) is 3. The summed E-state index contributed by atoms with van der Waals surface area (Å²) in [5.74, 6) is 1.20. The number of benzene rings is 2. The van der Waals surface area contributed by atoms with Crippen LogP contribution in [0.25, 0.3) is 11.0 Å². The molecule has 170 valence electrons.